The van der Waals surface area contributed by atoms with E-state index in [1.54, 1.807) is 23.1 Å². The van der Waals surface area contributed by atoms with Crippen molar-refractivity contribution in [3.05, 3.63) is 52.2 Å². The summed E-state index contributed by atoms with van der Waals surface area (Å²) in [5.74, 6) is 0.0878. The molecule has 2 aromatic rings. The minimum Gasteiger partial charge on any atom is -0.354 e. The third kappa shape index (κ3) is 5.68. The summed E-state index contributed by atoms with van der Waals surface area (Å²) in [5, 5.41) is 5.09. The monoisotopic (exact) mass is 348 g/mol. The molecule has 23 heavy (non-hydrogen) atoms. The molecule has 0 radical (unpaired) electrons. The predicted octanol–water partition coefficient (Wildman–Crippen LogP) is 3.65. The predicted molar refractivity (Wildman–Crippen MR) is 100 cm³/mol. The van der Waals surface area contributed by atoms with Gasteiger partial charge in [0.15, 0.2) is 0 Å². The molecule has 0 aliphatic rings. The first-order chi connectivity index (χ1) is 11.1. The summed E-state index contributed by atoms with van der Waals surface area (Å²) in [7, 11) is 1.99. The van der Waals surface area contributed by atoms with E-state index in [0.29, 0.717) is 6.54 Å². The minimum absolute atomic E-state index is 0.0878. The fourth-order valence-electron chi connectivity index (χ4n) is 2.27. The van der Waals surface area contributed by atoms with Crippen molar-refractivity contribution in [2.45, 2.75) is 30.8 Å². The molecule has 3 nitrogen and oxygen atoms in total. The molecule has 0 saturated heterocycles. The van der Waals surface area contributed by atoms with E-state index in [0.717, 1.165) is 13.0 Å². The Morgan fingerprint density at radius 3 is 2.65 bits per heavy atom. The Balaban J connectivity index is 1.78. The summed E-state index contributed by atoms with van der Waals surface area (Å²) in [6.45, 7) is 3.42. The third-order valence-corrected chi connectivity index (χ3v) is 5.56. The maximum absolute atomic E-state index is 12.3. The first-order valence-corrected chi connectivity index (χ1v) is 9.84. The number of hydrogen-bond donors (Lipinski definition) is 1. The van der Waals surface area contributed by atoms with Crippen molar-refractivity contribution >= 4 is 29.0 Å². The van der Waals surface area contributed by atoms with Crippen LogP contribution in [0, 0.1) is 0 Å². The van der Waals surface area contributed by atoms with Crippen molar-refractivity contribution in [3.63, 3.8) is 0 Å². The van der Waals surface area contributed by atoms with Crippen LogP contribution in [0.15, 0.2) is 46.7 Å². The summed E-state index contributed by atoms with van der Waals surface area (Å²) in [4.78, 5) is 16.9. The number of nitrogens with zero attached hydrogens (tertiary/aromatic N) is 1. The lowest BCUT2D eigenvalue weighted by molar-refractivity contribution is -0.125. The molecule has 1 atom stereocenters. The molecule has 0 aliphatic heterocycles. The van der Waals surface area contributed by atoms with E-state index in [4.69, 9.17) is 0 Å². The molecule has 0 saturated carbocycles. The number of likely N-dealkylation sites (N-methyl/N-ethyl adjacent to an activating group) is 1. The van der Waals surface area contributed by atoms with E-state index in [1.807, 2.05) is 20.0 Å². The molecule has 2 rings (SSSR count). The molecule has 1 N–H and O–H groups in total. The van der Waals surface area contributed by atoms with Crippen molar-refractivity contribution in [1.82, 2.24) is 10.2 Å². The lowest BCUT2D eigenvalue weighted by Gasteiger charge is -2.24. The van der Waals surface area contributed by atoms with Crippen LogP contribution in [0.2, 0.25) is 0 Å². The van der Waals surface area contributed by atoms with Crippen LogP contribution in [0.4, 0.5) is 0 Å². The zero-order chi connectivity index (χ0) is 16.7. The summed E-state index contributed by atoms with van der Waals surface area (Å²) >= 11 is 3.47. The second-order valence-corrected chi connectivity index (χ2v) is 7.47. The van der Waals surface area contributed by atoms with Crippen molar-refractivity contribution in [2.75, 3.05) is 19.8 Å². The van der Waals surface area contributed by atoms with Crippen LogP contribution >= 0.6 is 23.1 Å². The average Bonchev–Trinajstić information content (AvgIpc) is 3.08. The molecule has 0 bridgehead atoms. The summed E-state index contributed by atoms with van der Waals surface area (Å²) in [6.07, 6.45) is 2.97. The van der Waals surface area contributed by atoms with Crippen LogP contribution in [0.25, 0.3) is 0 Å². The van der Waals surface area contributed by atoms with Gasteiger partial charge in [-0.25, -0.2) is 0 Å². The molecule has 5 heteroatoms. The van der Waals surface area contributed by atoms with Crippen molar-refractivity contribution < 1.29 is 4.79 Å². The molecule has 1 aromatic carbocycles. The number of carbonyl (C=O) groups is 1. The highest BCUT2D eigenvalue weighted by molar-refractivity contribution is 7.98. The van der Waals surface area contributed by atoms with E-state index >= 15 is 0 Å². The van der Waals surface area contributed by atoms with Crippen LogP contribution in [-0.2, 0) is 17.8 Å². The summed E-state index contributed by atoms with van der Waals surface area (Å²) in [5.41, 5.74) is 1.23. The van der Waals surface area contributed by atoms with E-state index in [1.165, 1.54) is 15.3 Å². The topological polar surface area (TPSA) is 32.3 Å². The lowest BCUT2D eigenvalue weighted by Crippen LogP contribution is -2.43. The summed E-state index contributed by atoms with van der Waals surface area (Å²) < 4.78 is 0. The van der Waals surface area contributed by atoms with Gasteiger partial charge in [0.05, 0.1) is 6.04 Å². The van der Waals surface area contributed by atoms with Gasteiger partial charge in [-0.3, -0.25) is 9.69 Å². The van der Waals surface area contributed by atoms with Crippen molar-refractivity contribution in [1.29, 1.82) is 0 Å². The van der Waals surface area contributed by atoms with Gasteiger partial charge in [0, 0.05) is 22.9 Å². The number of hydrogen-bond acceptors (Lipinski definition) is 4. The Bertz CT molecular complexity index is 596. The zero-order valence-corrected chi connectivity index (χ0v) is 15.5. The van der Waals surface area contributed by atoms with Crippen LogP contribution in [-0.4, -0.2) is 36.7 Å². The molecule has 124 valence electrons. The zero-order valence-electron chi connectivity index (χ0n) is 13.9. The van der Waals surface area contributed by atoms with Gasteiger partial charge in [-0.2, -0.15) is 0 Å². The quantitative estimate of drug-likeness (QED) is 0.739. The maximum Gasteiger partial charge on any atom is 0.237 e. The Labute approximate surface area is 147 Å². The molecular weight excluding hydrogens is 324 g/mol. The molecule has 0 aliphatic carbocycles. The van der Waals surface area contributed by atoms with Crippen LogP contribution in [0.5, 0.6) is 0 Å². The molecule has 0 fully saturated rings. The van der Waals surface area contributed by atoms with Gasteiger partial charge in [0.25, 0.3) is 0 Å². The molecular formula is C18H24N2OS2. The highest BCUT2D eigenvalue weighted by Crippen LogP contribution is 2.16. The van der Waals surface area contributed by atoms with Crippen LogP contribution < -0.4 is 5.32 Å². The largest absolute Gasteiger partial charge is 0.354 e. The minimum atomic E-state index is -0.140. The van der Waals surface area contributed by atoms with Gasteiger partial charge in [0.2, 0.25) is 5.91 Å². The maximum atomic E-state index is 12.3. The second kappa shape index (κ2) is 9.11. The summed E-state index contributed by atoms with van der Waals surface area (Å²) in [6, 6.07) is 12.5. The normalized spacial score (nSPS) is 12.3. The number of nitrogens with one attached hydrogen (secondary N) is 1. The average molecular weight is 349 g/mol. The molecule has 1 heterocycles. The Morgan fingerprint density at radius 2 is 2.04 bits per heavy atom. The van der Waals surface area contributed by atoms with Gasteiger partial charge < -0.3 is 5.32 Å². The molecule has 1 unspecified atom stereocenters. The molecule has 1 aromatic heterocycles. The van der Waals surface area contributed by atoms with Gasteiger partial charge in [-0.1, -0.05) is 18.2 Å². The number of thioether (sulfide) groups is 1. The van der Waals surface area contributed by atoms with E-state index in [-0.39, 0.29) is 11.9 Å². The van der Waals surface area contributed by atoms with E-state index < -0.39 is 0 Å². The van der Waals surface area contributed by atoms with Crippen molar-refractivity contribution in [3.8, 4) is 0 Å². The first-order valence-electron chi connectivity index (χ1n) is 7.73. The van der Waals surface area contributed by atoms with Crippen molar-refractivity contribution in [2.24, 2.45) is 0 Å². The second-order valence-electron chi connectivity index (χ2n) is 5.56. The van der Waals surface area contributed by atoms with Crippen LogP contribution in [0.1, 0.15) is 17.4 Å². The SMILES string of the molecule is CSc1ccc(CN(C)C(C)C(=O)NCCc2cccs2)cc1. The smallest absolute Gasteiger partial charge is 0.237 e. The fraction of sp³-hybridized carbons (Fsp3) is 0.389. The standard InChI is InChI=1S/C18H24N2OS2/c1-14(18(21)19-11-10-17-5-4-12-23-17)20(2)13-15-6-8-16(22-3)9-7-15/h4-9,12,14H,10-11,13H2,1-3H3,(H,19,21). The number of carbonyl (C=O) groups excluding carboxylic acids is 1. The highest BCUT2D eigenvalue weighted by Gasteiger charge is 2.17. The number of thiophene rings is 1. The third-order valence-electron chi connectivity index (χ3n) is 3.88. The number of benzene rings is 1. The van der Waals surface area contributed by atoms with Gasteiger partial charge in [0.1, 0.15) is 0 Å². The number of amides is 1. The molecule has 1 amide bonds. The Morgan fingerprint density at radius 1 is 1.30 bits per heavy atom. The highest BCUT2D eigenvalue weighted by atomic mass is 32.2. The fourth-order valence-corrected chi connectivity index (χ4v) is 3.38. The van der Waals surface area contributed by atoms with E-state index in [2.05, 4.69) is 52.2 Å². The van der Waals surface area contributed by atoms with Gasteiger partial charge >= 0.3 is 0 Å². The lowest BCUT2D eigenvalue weighted by atomic mass is 10.2. The number of rotatable bonds is 8. The Hall–Kier alpha value is -1.30. The van der Waals surface area contributed by atoms with Gasteiger partial charge in [-0.05, 0) is 55.8 Å². The molecule has 0 spiro atoms. The van der Waals surface area contributed by atoms with E-state index in [9.17, 15) is 4.79 Å². The van der Waals surface area contributed by atoms with Gasteiger partial charge in [-0.15, -0.1) is 23.1 Å². The first kappa shape index (κ1) is 18.0. The van der Waals surface area contributed by atoms with Crippen LogP contribution in [0.3, 0.4) is 0 Å². The Kier molecular flexibility index (Phi) is 7.15.